The molecule has 0 spiro atoms. The van der Waals surface area contributed by atoms with Gasteiger partial charge in [0.2, 0.25) is 11.8 Å². The average Bonchev–Trinajstić information content (AvgIpc) is 2.59. The second kappa shape index (κ2) is 9.31. The maximum atomic E-state index is 13.8. The molecule has 2 aromatic carbocycles. The highest BCUT2D eigenvalue weighted by Gasteiger charge is 2.19. The standard InChI is InChI=1S/C19H20ClFN2O3/c1-13-6-7-15(20)10-17(13)22-18(25)11-19(26)23(8-9-24)12-14-4-2-3-5-16(14)21/h2-7,10,24H,8-9,11-12H2,1H3,(H,22,25). The van der Waals surface area contributed by atoms with Crippen molar-refractivity contribution < 1.29 is 19.1 Å². The van der Waals surface area contributed by atoms with Gasteiger partial charge >= 0.3 is 0 Å². The number of carbonyl (C=O) groups is 2. The minimum atomic E-state index is -0.503. The lowest BCUT2D eigenvalue weighted by Gasteiger charge is -2.22. The molecule has 138 valence electrons. The van der Waals surface area contributed by atoms with Gasteiger partial charge in [0.15, 0.2) is 0 Å². The van der Waals surface area contributed by atoms with Crippen molar-refractivity contribution in [2.24, 2.45) is 0 Å². The van der Waals surface area contributed by atoms with Crippen LogP contribution in [0.15, 0.2) is 42.5 Å². The normalized spacial score (nSPS) is 10.5. The molecule has 0 heterocycles. The van der Waals surface area contributed by atoms with E-state index in [1.807, 2.05) is 6.92 Å². The van der Waals surface area contributed by atoms with E-state index < -0.39 is 24.1 Å². The predicted octanol–water partition coefficient (Wildman–Crippen LogP) is 3.14. The fourth-order valence-electron chi connectivity index (χ4n) is 2.42. The molecule has 0 bridgehead atoms. The highest BCUT2D eigenvalue weighted by molar-refractivity contribution is 6.31. The van der Waals surface area contributed by atoms with Gasteiger partial charge < -0.3 is 15.3 Å². The summed E-state index contributed by atoms with van der Waals surface area (Å²) in [6.07, 6.45) is -0.416. The summed E-state index contributed by atoms with van der Waals surface area (Å²) in [5.74, 6) is -1.45. The van der Waals surface area contributed by atoms with Crippen molar-refractivity contribution in [3.63, 3.8) is 0 Å². The fraction of sp³-hybridized carbons (Fsp3) is 0.263. The van der Waals surface area contributed by atoms with Gasteiger partial charge in [0.05, 0.1) is 6.61 Å². The van der Waals surface area contributed by atoms with Crippen LogP contribution in [0.5, 0.6) is 0 Å². The summed E-state index contributed by atoms with van der Waals surface area (Å²) in [6, 6.07) is 11.1. The van der Waals surface area contributed by atoms with Crippen molar-refractivity contribution in [3.05, 3.63) is 64.4 Å². The number of amides is 2. The fourth-order valence-corrected chi connectivity index (χ4v) is 2.59. The molecule has 5 nitrogen and oxygen atoms in total. The maximum Gasteiger partial charge on any atom is 0.233 e. The summed E-state index contributed by atoms with van der Waals surface area (Å²) in [5, 5.41) is 12.3. The molecule has 0 aliphatic rings. The molecule has 2 rings (SSSR count). The molecule has 0 aliphatic heterocycles. The first-order valence-electron chi connectivity index (χ1n) is 8.08. The van der Waals surface area contributed by atoms with E-state index >= 15 is 0 Å². The Morgan fingerprint density at radius 2 is 1.96 bits per heavy atom. The van der Waals surface area contributed by atoms with E-state index in [1.54, 1.807) is 36.4 Å². The Labute approximate surface area is 156 Å². The lowest BCUT2D eigenvalue weighted by Crippen LogP contribution is -2.35. The molecule has 2 amide bonds. The quantitative estimate of drug-likeness (QED) is 0.727. The predicted molar refractivity (Wildman–Crippen MR) is 98.3 cm³/mol. The van der Waals surface area contributed by atoms with Gasteiger partial charge in [-0.25, -0.2) is 4.39 Å². The third-order valence-electron chi connectivity index (χ3n) is 3.83. The van der Waals surface area contributed by atoms with Crippen LogP contribution < -0.4 is 5.32 Å². The number of carbonyl (C=O) groups excluding carboxylic acids is 2. The molecule has 0 atom stereocenters. The Kier molecular flexibility index (Phi) is 7.12. The largest absolute Gasteiger partial charge is 0.395 e. The van der Waals surface area contributed by atoms with Crippen LogP contribution in [0, 0.1) is 12.7 Å². The summed E-state index contributed by atoms with van der Waals surface area (Å²) in [7, 11) is 0. The highest BCUT2D eigenvalue weighted by atomic mass is 35.5. The van der Waals surface area contributed by atoms with Crippen molar-refractivity contribution in [2.75, 3.05) is 18.5 Å². The number of aryl methyl sites for hydroxylation is 1. The van der Waals surface area contributed by atoms with Crippen molar-refractivity contribution in [2.45, 2.75) is 19.9 Å². The molecule has 0 radical (unpaired) electrons. The number of aliphatic hydroxyl groups is 1. The Morgan fingerprint density at radius 1 is 1.23 bits per heavy atom. The van der Waals surface area contributed by atoms with Crippen LogP contribution in [0.3, 0.4) is 0 Å². The first-order chi connectivity index (χ1) is 12.4. The molecule has 2 N–H and O–H groups in total. The average molecular weight is 379 g/mol. The number of anilines is 1. The van der Waals surface area contributed by atoms with Gasteiger partial charge in [-0.3, -0.25) is 9.59 Å². The molecule has 2 aromatic rings. The number of halogens is 2. The van der Waals surface area contributed by atoms with E-state index in [4.69, 9.17) is 16.7 Å². The van der Waals surface area contributed by atoms with E-state index in [2.05, 4.69) is 5.32 Å². The number of hydrogen-bond donors (Lipinski definition) is 2. The van der Waals surface area contributed by atoms with E-state index in [0.717, 1.165) is 5.56 Å². The Bertz CT molecular complexity index is 798. The monoisotopic (exact) mass is 378 g/mol. The van der Waals surface area contributed by atoms with Crippen molar-refractivity contribution >= 4 is 29.1 Å². The summed E-state index contributed by atoms with van der Waals surface area (Å²) >= 11 is 5.91. The number of nitrogens with zero attached hydrogens (tertiary/aromatic N) is 1. The molecule has 0 saturated carbocycles. The van der Waals surface area contributed by atoms with Gasteiger partial charge in [-0.2, -0.15) is 0 Å². The minimum absolute atomic E-state index is 0.0106. The minimum Gasteiger partial charge on any atom is -0.395 e. The topological polar surface area (TPSA) is 69.6 Å². The van der Waals surface area contributed by atoms with Crippen LogP contribution in [0.25, 0.3) is 0 Å². The third kappa shape index (κ3) is 5.54. The van der Waals surface area contributed by atoms with Crippen molar-refractivity contribution in [3.8, 4) is 0 Å². The maximum absolute atomic E-state index is 13.8. The summed E-state index contributed by atoms with van der Waals surface area (Å²) in [5.41, 5.74) is 1.66. The molecule has 26 heavy (non-hydrogen) atoms. The van der Waals surface area contributed by atoms with Gasteiger partial charge in [-0.05, 0) is 30.7 Å². The van der Waals surface area contributed by atoms with E-state index in [0.29, 0.717) is 16.3 Å². The SMILES string of the molecule is Cc1ccc(Cl)cc1NC(=O)CC(=O)N(CCO)Cc1ccccc1F. The molecule has 0 aromatic heterocycles. The zero-order valence-electron chi connectivity index (χ0n) is 14.3. The summed E-state index contributed by atoms with van der Waals surface area (Å²) < 4.78 is 13.8. The van der Waals surface area contributed by atoms with Crippen LogP contribution in [0.2, 0.25) is 5.02 Å². The molecular weight excluding hydrogens is 359 g/mol. The zero-order chi connectivity index (χ0) is 19.1. The smallest absolute Gasteiger partial charge is 0.233 e. The van der Waals surface area contributed by atoms with Crippen molar-refractivity contribution in [1.29, 1.82) is 0 Å². The van der Waals surface area contributed by atoms with Crippen LogP contribution >= 0.6 is 11.6 Å². The van der Waals surface area contributed by atoms with Crippen LogP contribution in [-0.2, 0) is 16.1 Å². The number of nitrogens with one attached hydrogen (secondary N) is 1. The number of hydrogen-bond acceptors (Lipinski definition) is 3. The van der Waals surface area contributed by atoms with Crippen molar-refractivity contribution in [1.82, 2.24) is 4.90 Å². The molecule has 0 saturated heterocycles. The van der Waals surface area contributed by atoms with Gasteiger partial charge in [0.1, 0.15) is 12.2 Å². The molecule has 0 aliphatic carbocycles. The van der Waals surface area contributed by atoms with Gasteiger partial charge in [-0.15, -0.1) is 0 Å². The first kappa shape index (κ1) is 19.9. The van der Waals surface area contributed by atoms with E-state index in [-0.39, 0.29) is 19.7 Å². The van der Waals surface area contributed by atoms with Gasteiger partial charge in [0, 0.05) is 29.4 Å². The lowest BCUT2D eigenvalue weighted by atomic mass is 10.2. The molecule has 0 unspecified atom stereocenters. The first-order valence-corrected chi connectivity index (χ1v) is 8.46. The lowest BCUT2D eigenvalue weighted by molar-refractivity contribution is -0.135. The van der Waals surface area contributed by atoms with Crippen LogP contribution in [-0.4, -0.2) is 35.0 Å². The van der Waals surface area contributed by atoms with Crippen LogP contribution in [0.1, 0.15) is 17.5 Å². The number of aliphatic hydroxyl groups excluding tert-OH is 1. The number of benzene rings is 2. The summed E-state index contributed by atoms with van der Waals surface area (Å²) in [6.45, 7) is 1.52. The Hall–Kier alpha value is -2.44. The zero-order valence-corrected chi connectivity index (χ0v) is 15.1. The second-order valence-corrected chi connectivity index (χ2v) is 6.25. The van der Waals surface area contributed by atoms with Gasteiger partial charge in [-0.1, -0.05) is 35.9 Å². The summed E-state index contributed by atoms with van der Waals surface area (Å²) in [4.78, 5) is 25.8. The molecule has 7 heteroatoms. The highest BCUT2D eigenvalue weighted by Crippen LogP contribution is 2.20. The van der Waals surface area contributed by atoms with E-state index in [9.17, 15) is 14.0 Å². The van der Waals surface area contributed by atoms with E-state index in [1.165, 1.54) is 11.0 Å². The molecule has 0 fully saturated rings. The second-order valence-electron chi connectivity index (χ2n) is 5.81. The number of rotatable bonds is 7. The third-order valence-corrected chi connectivity index (χ3v) is 4.06. The van der Waals surface area contributed by atoms with Crippen LogP contribution in [0.4, 0.5) is 10.1 Å². The molecular formula is C19H20ClFN2O3. The Balaban J connectivity index is 2.03. The Morgan fingerprint density at radius 3 is 2.65 bits per heavy atom. The van der Waals surface area contributed by atoms with Gasteiger partial charge in [0.25, 0.3) is 0 Å².